The second-order valence-electron chi connectivity index (χ2n) is 6.97. The summed E-state index contributed by atoms with van der Waals surface area (Å²) in [4.78, 5) is 2.42. The third-order valence-corrected chi connectivity index (χ3v) is 5.20. The molecule has 0 bridgehead atoms. The summed E-state index contributed by atoms with van der Waals surface area (Å²) in [5.74, 6) is 0. The molecular weight excluding hydrogens is 356 g/mol. The first kappa shape index (κ1) is 19.7. The first-order valence-electron chi connectivity index (χ1n) is 9.44. The molecule has 1 fully saturated rings. The molecule has 1 aliphatic rings. The zero-order valence-electron chi connectivity index (χ0n) is 15.7. The molecule has 1 N–H and O–H groups in total. The number of benzene rings is 3. The van der Waals surface area contributed by atoms with Gasteiger partial charge in [-0.15, -0.1) is 12.4 Å². The van der Waals surface area contributed by atoms with Gasteiger partial charge in [0.1, 0.15) is 0 Å². The number of hydrogen-bond donors (Lipinski definition) is 1. The van der Waals surface area contributed by atoms with Crippen molar-refractivity contribution in [2.24, 2.45) is 0 Å². The number of anilines is 1. The van der Waals surface area contributed by atoms with E-state index in [9.17, 15) is 0 Å². The van der Waals surface area contributed by atoms with E-state index in [4.69, 9.17) is 4.74 Å². The van der Waals surface area contributed by atoms with Crippen LogP contribution >= 0.6 is 12.4 Å². The molecule has 3 aromatic carbocycles. The molecular formula is C23H27ClN2O. The third kappa shape index (κ3) is 4.62. The Kier molecular flexibility index (Phi) is 6.73. The van der Waals surface area contributed by atoms with Crippen molar-refractivity contribution in [3.8, 4) is 0 Å². The smallest absolute Gasteiger partial charge is 0.0875 e. The minimum absolute atomic E-state index is 0. The standard InChI is InChI=1S/C23H26N2O.ClH/c1-18(22-13-7-9-19-8-5-6-12-23(19)22)24-16-21-17-25(14-15-26-21)20-10-3-2-4-11-20;/h2-13,18,21,24H,14-17H2,1H3;1H/t18-,21?;/m1./s1. The summed E-state index contributed by atoms with van der Waals surface area (Å²) >= 11 is 0. The lowest BCUT2D eigenvalue weighted by Crippen LogP contribution is -2.47. The maximum absolute atomic E-state index is 6.00. The Labute approximate surface area is 167 Å². The topological polar surface area (TPSA) is 24.5 Å². The van der Waals surface area contributed by atoms with Gasteiger partial charge in [-0.1, -0.05) is 60.7 Å². The van der Waals surface area contributed by atoms with Gasteiger partial charge >= 0.3 is 0 Å². The van der Waals surface area contributed by atoms with Gasteiger partial charge in [0.25, 0.3) is 0 Å². The van der Waals surface area contributed by atoms with Gasteiger partial charge in [-0.3, -0.25) is 0 Å². The normalized spacial score (nSPS) is 18.1. The highest BCUT2D eigenvalue weighted by Crippen LogP contribution is 2.24. The summed E-state index contributed by atoms with van der Waals surface area (Å²) in [5.41, 5.74) is 2.63. The molecule has 0 radical (unpaired) electrons. The number of morpholine rings is 1. The van der Waals surface area contributed by atoms with E-state index in [0.29, 0.717) is 0 Å². The van der Waals surface area contributed by atoms with Crippen molar-refractivity contribution in [2.45, 2.75) is 19.1 Å². The van der Waals surface area contributed by atoms with Gasteiger partial charge in [0.15, 0.2) is 0 Å². The average Bonchev–Trinajstić information content (AvgIpc) is 2.72. The van der Waals surface area contributed by atoms with Crippen LogP contribution in [0.2, 0.25) is 0 Å². The Morgan fingerprint density at radius 2 is 1.74 bits per heavy atom. The quantitative estimate of drug-likeness (QED) is 0.684. The zero-order valence-corrected chi connectivity index (χ0v) is 16.5. The molecule has 142 valence electrons. The number of fused-ring (bicyclic) bond motifs is 1. The largest absolute Gasteiger partial charge is 0.373 e. The minimum atomic E-state index is 0. The second-order valence-corrected chi connectivity index (χ2v) is 6.97. The SMILES string of the molecule is C[C@@H](NCC1CN(c2ccccc2)CCO1)c1cccc2ccccc12.Cl. The summed E-state index contributed by atoms with van der Waals surface area (Å²) in [6, 6.07) is 26.0. The Balaban J connectivity index is 0.00000210. The van der Waals surface area contributed by atoms with E-state index >= 15 is 0 Å². The number of rotatable bonds is 5. The van der Waals surface area contributed by atoms with Crippen LogP contribution in [0.3, 0.4) is 0 Å². The molecule has 4 rings (SSSR count). The molecule has 1 aliphatic heterocycles. The molecule has 0 amide bonds. The van der Waals surface area contributed by atoms with E-state index in [0.717, 1.165) is 26.2 Å². The number of halogens is 1. The van der Waals surface area contributed by atoms with Gasteiger partial charge in [-0.2, -0.15) is 0 Å². The van der Waals surface area contributed by atoms with Crippen molar-refractivity contribution >= 4 is 28.9 Å². The van der Waals surface area contributed by atoms with Crippen molar-refractivity contribution in [3.63, 3.8) is 0 Å². The molecule has 0 spiro atoms. The third-order valence-electron chi connectivity index (χ3n) is 5.20. The fourth-order valence-electron chi connectivity index (χ4n) is 3.76. The van der Waals surface area contributed by atoms with Crippen LogP contribution in [0.1, 0.15) is 18.5 Å². The maximum atomic E-state index is 6.00. The van der Waals surface area contributed by atoms with E-state index in [2.05, 4.69) is 89.9 Å². The average molecular weight is 383 g/mol. The summed E-state index contributed by atoms with van der Waals surface area (Å²) < 4.78 is 6.00. The van der Waals surface area contributed by atoms with E-state index in [-0.39, 0.29) is 24.6 Å². The van der Waals surface area contributed by atoms with Crippen LogP contribution in [0.4, 0.5) is 5.69 Å². The summed E-state index contributed by atoms with van der Waals surface area (Å²) in [6.07, 6.45) is 0.210. The number of nitrogens with one attached hydrogen (secondary N) is 1. The van der Waals surface area contributed by atoms with Crippen LogP contribution in [0.5, 0.6) is 0 Å². The van der Waals surface area contributed by atoms with Crippen LogP contribution in [-0.2, 0) is 4.74 Å². The molecule has 3 aromatic rings. The number of nitrogens with zero attached hydrogens (tertiary/aromatic N) is 1. The van der Waals surface area contributed by atoms with Crippen molar-refractivity contribution in [1.29, 1.82) is 0 Å². The highest BCUT2D eigenvalue weighted by Gasteiger charge is 2.21. The zero-order chi connectivity index (χ0) is 17.8. The lowest BCUT2D eigenvalue weighted by atomic mass is 9.99. The molecule has 0 saturated carbocycles. The van der Waals surface area contributed by atoms with E-state index in [1.165, 1.54) is 22.0 Å². The van der Waals surface area contributed by atoms with Crippen molar-refractivity contribution in [3.05, 3.63) is 78.4 Å². The highest BCUT2D eigenvalue weighted by atomic mass is 35.5. The summed E-state index contributed by atoms with van der Waals surface area (Å²) in [5, 5.41) is 6.30. The van der Waals surface area contributed by atoms with Crippen LogP contribution in [-0.4, -0.2) is 32.3 Å². The molecule has 1 heterocycles. The molecule has 0 aliphatic carbocycles. The monoisotopic (exact) mass is 382 g/mol. The van der Waals surface area contributed by atoms with Crippen LogP contribution in [0.15, 0.2) is 72.8 Å². The van der Waals surface area contributed by atoms with Crippen LogP contribution in [0, 0.1) is 0 Å². The molecule has 1 unspecified atom stereocenters. The van der Waals surface area contributed by atoms with Gasteiger partial charge in [-0.25, -0.2) is 0 Å². The second kappa shape index (κ2) is 9.23. The summed E-state index contributed by atoms with van der Waals surface area (Å²) in [7, 11) is 0. The molecule has 0 aromatic heterocycles. The number of ether oxygens (including phenoxy) is 1. The van der Waals surface area contributed by atoms with Gasteiger partial charge in [0.2, 0.25) is 0 Å². The lowest BCUT2D eigenvalue weighted by Gasteiger charge is -2.35. The van der Waals surface area contributed by atoms with E-state index < -0.39 is 0 Å². The summed E-state index contributed by atoms with van der Waals surface area (Å²) in [6.45, 7) is 5.76. The fourth-order valence-corrected chi connectivity index (χ4v) is 3.76. The van der Waals surface area contributed by atoms with Crippen molar-refractivity contribution in [1.82, 2.24) is 5.32 Å². The first-order chi connectivity index (χ1) is 12.8. The van der Waals surface area contributed by atoms with E-state index in [1.807, 2.05) is 0 Å². The van der Waals surface area contributed by atoms with Gasteiger partial charge in [0, 0.05) is 31.4 Å². The van der Waals surface area contributed by atoms with Crippen molar-refractivity contribution < 1.29 is 4.74 Å². The predicted molar refractivity (Wildman–Crippen MR) is 116 cm³/mol. The lowest BCUT2D eigenvalue weighted by molar-refractivity contribution is 0.0395. The Morgan fingerprint density at radius 3 is 2.59 bits per heavy atom. The Morgan fingerprint density at radius 1 is 1.00 bits per heavy atom. The highest BCUT2D eigenvalue weighted by molar-refractivity contribution is 5.86. The first-order valence-corrected chi connectivity index (χ1v) is 9.44. The van der Waals surface area contributed by atoms with Crippen LogP contribution in [0.25, 0.3) is 10.8 Å². The predicted octanol–water partition coefficient (Wildman–Crippen LogP) is 4.82. The van der Waals surface area contributed by atoms with Gasteiger partial charge < -0.3 is 15.0 Å². The molecule has 2 atom stereocenters. The molecule has 3 nitrogen and oxygen atoms in total. The number of hydrogen-bond acceptors (Lipinski definition) is 3. The van der Waals surface area contributed by atoms with Crippen LogP contribution < -0.4 is 10.2 Å². The molecule has 27 heavy (non-hydrogen) atoms. The van der Waals surface area contributed by atoms with Crippen molar-refractivity contribution in [2.75, 3.05) is 31.1 Å². The fraction of sp³-hybridized carbons (Fsp3) is 0.304. The van der Waals surface area contributed by atoms with Gasteiger partial charge in [0.05, 0.1) is 12.7 Å². The minimum Gasteiger partial charge on any atom is -0.373 e. The van der Waals surface area contributed by atoms with E-state index in [1.54, 1.807) is 0 Å². The Bertz CT molecular complexity index is 850. The van der Waals surface area contributed by atoms with Gasteiger partial charge in [-0.05, 0) is 35.4 Å². The number of para-hydroxylation sites is 1. The molecule has 1 saturated heterocycles. The Hall–Kier alpha value is -2.07. The maximum Gasteiger partial charge on any atom is 0.0875 e. The molecule has 4 heteroatoms.